The van der Waals surface area contributed by atoms with Crippen molar-refractivity contribution in [2.24, 2.45) is 5.92 Å². The third kappa shape index (κ3) is 9.00. The quantitative estimate of drug-likeness (QED) is 0.140. The van der Waals surface area contributed by atoms with Gasteiger partial charge in [0.1, 0.15) is 6.10 Å². The molecule has 1 aromatic rings. The molecule has 2 N–H and O–H groups in total. The minimum Gasteiger partial charge on any atom is -0.481 e. The highest BCUT2D eigenvalue weighted by atomic mass is 127. The molecule has 0 aliphatic carbocycles. The summed E-state index contributed by atoms with van der Waals surface area (Å²) in [6.45, 7) is 16.7. The number of hydrogen-bond donors (Lipinski definition) is 2. The normalized spacial score (nSPS) is 25.8. The fraction of sp³-hybridized carbons (Fsp3) is 0.621. The van der Waals surface area contributed by atoms with Gasteiger partial charge < -0.3 is 24.1 Å². The maximum Gasteiger partial charge on any atom is 0.305 e. The van der Waals surface area contributed by atoms with E-state index in [1.54, 1.807) is 0 Å². The Balaban J connectivity index is 2.28. The maximum absolute atomic E-state index is 11.7. The molecule has 0 amide bonds. The first kappa shape index (κ1) is 32.2. The number of carbonyl (C=O) groups is 1. The number of aliphatic carboxylic acids is 1. The summed E-state index contributed by atoms with van der Waals surface area (Å²) in [5.41, 5.74) is 1.15. The summed E-state index contributed by atoms with van der Waals surface area (Å²) in [5.74, 6) is -0.964. The molecule has 0 aromatic heterocycles. The summed E-state index contributed by atoms with van der Waals surface area (Å²) in [5, 5.41) is 20.2. The summed E-state index contributed by atoms with van der Waals surface area (Å²) in [6, 6.07) is 9.82. The number of carboxylic acids is 1. The second-order valence-corrected chi connectivity index (χ2v) is 17.3. The lowest BCUT2D eigenvalue weighted by molar-refractivity contribution is -0.139. The van der Waals surface area contributed by atoms with Crippen molar-refractivity contribution in [3.8, 4) is 0 Å². The van der Waals surface area contributed by atoms with E-state index in [0.717, 1.165) is 11.1 Å². The number of rotatable bonds is 12. The monoisotopic (exact) mass is 644 g/mol. The van der Waals surface area contributed by atoms with E-state index in [2.05, 4.69) is 56.5 Å². The zero-order valence-corrected chi connectivity index (χ0v) is 26.7. The van der Waals surface area contributed by atoms with Crippen molar-refractivity contribution in [1.82, 2.24) is 0 Å². The van der Waals surface area contributed by atoms with Gasteiger partial charge in [-0.1, -0.05) is 92.8 Å². The molecule has 1 heterocycles. The van der Waals surface area contributed by atoms with Crippen LogP contribution in [0, 0.1) is 5.92 Å². The van der Waals surface area contributed by atoms with Crippen LogP contribution in [0.15, 0.2) is 52.1 Å². The Bertz CT molecular complexity index is 941. The van der Waals surface area contributed by atoms with E-state index in [9.17, 15) is 15.0 Å². The third-order valence-electron chi connectivity index (χ3n) is 7.68. The lowest BCUT2D eigenvalue weighted by Crippen LogP contribution is -2.45. The van der Waals surface area contributed by atoms with Gasteiger partial charge in [-0.2, -0.15) is 0 Å². The van der Waals surface area contributed by atoms with E-state index >= 15 is 0 Å². The first-order valence-corrected chi connectivity index (χ1v) is 17.2. The zero-order chi connectivity index (χ0) is 28.0. The fourth-order valence-corrected chi connectivity index (χ4v) is 5.88. The van der Waals surface area contributed by atoms with Crippen molar-refractivity contribution in [2.45, 2.75) is 109 Å². The summed E-state index contributed by atoms with van der Waals surface area (Å²) >= 11 is 2.14. The van der Waals surface area contributed by atoms with Crippen LogP contribution in [0.3, 0.4) is 0 Å². The molecule has 0 radical (unpaired) electrons. The summed E-state index contributed by atoms with van der Waals surface area (Å²) in [6.07, 6.45) is 3.15. The van der Waals surface area contributed by atoms with E-state index in [4.69, 9.17) is 13.9 Å². The average molecular weight is 645 g/mol. The summed E-state index contributed by atoms with van der Waals surface area (Å²) in [7, 11) is -2.16. The van der Waals surface area contributed by atoms with Crippen molar-refractivity contribution in [3.63, 3.8) is 0 Å². The average Bonchev–Trinajstić information content (AvgIpc) is 3.16. The molecule has 0 spiro atoms. The number of aliphatic hydroxyl groups excluding tert-OH is 1. The van der Waals surface area contributed by atoms with Crippen molar-refractivity contribution >= 4 is 36.9 Å². The Morgan fingerprint density at radius 3 is 2.43 bits per heavy atom. The Labute approximate surface area is 237 Å². The Kier molecular flexibility index (Phi) is 11.6. The molecule has 1 aliphatic rings. The van der Waals surface area contributed by atoms with Crippen molar-refractivity contribution in [3.05, 3.63) is 57.7 Å². The number of hydrogen-bond acceptors (Lipinski definition) is 5. The van der Waals surface area contributed by atoms with Crippen LogP contribution in [0.5, 0.6) is 0 Å². The molecule has 2 rings (SSSR count). The molecule has 1 aliphatic heterocycles. The van der Waals surface area contributed by atoms with Crippen LogP contribution in [0.1, 0.15) is 72.7 Å². The Morgan fingerprint density at radius 2 is 1.89 bits per heavy atom. The minimum atomic E-state index is -2.16. The summed E-state index contributed by atoms with van der Waals surface area (Å²) < 4.78 is 21.3. The van der Waals surface area contributed by atoms with E-state index in [1.165, 1.54) is 0 Å². The SMILES string of the molecule is C/C(=C\I)[C@@H](O)[C@@H](C)/C=C/[C@@H]1O[C@H](c2ccccc2)O[C@]1(C)CC[C@H](CC(=O)O)O[Si](C)(C)C(C)(C)C. The predicted octanol–water partition coefficient (Wildman–Crippen LogP) is 7.40. The van der Waals surface area contributed by atoms with Gasteiger partial charge in [-0.05, 0) is 54.5 Å². The Hall–Kier alpha value is -1.04. The van der Waals surface area contributed by atoms with E-state index in [0.29, 0.717) is 12.8 Å². The van der Waals surface area contributed by atoms with Crippen molar-refractivity contribution < 1.29 is 28.9 Å². The molecule has 37 heavy (non-hydrogen) atoms. The minimum absolute atomic E-state index is 0.0220. The van der Waals surface area contributed by atoms with E-state index in [-0.39, 0.29) is 23.5 Å². The molecule has 1 aromatic carbocycles. The first-order chi connectivity index (χ1) is 17.1. The molecule has 0 unspecified atom stereocenters. The number of aliphatic hydroxyl groups is 1. The lowest BCUT2D eigenvalue weighted by atomic mass is 9.89. The van der Waals surface area contributed by atoms with Gasteiger partial charge in [-0.15, -0.1) is 0 Å². The Morgan fingerprint density at radius 1 is 1.27 bits per heavy atom. The topological polar surface area (TPSA) is 85.2 Å². The van der Waals surface area contributed by atoms with Gasteiger partial charge >= 0.3 is 5.97 Å². The van der Waals surface area contributed by atoms with Crippen LogP contribution in [-0.4, -0.2) is 48.4 Å². The van der Waals surface area contributed by atoms with Gasteiger partial charge in [0, 0.05) is 11.5 Å². The molecule has 0 saturated carbocycles. The molecule has 8 heteroatoms. The summed E-state index contributed by atoms with van der Waals surface area (Å²) in [4.78, 5) is 11.7. The van der Waals surface area contributed by atoms with Gasteiger partial charge in [-0.25, -0.2) is 0 Å². The highest BCUT2D eigenvalue weighted by Crippen LogP contribution is 2.43. The van der Waals surface area contributed by atoms with E-state index < -0.39 is 38.4 Å². The van der Waals surface area contributed by atoms with Gasteiger partial charge in [0.2, 0.25) is 0 Å². The molecule has 6 atom stereocenters. The first-order valence-electron chi connectivity index (χ1n) is 13.0. The number of halogens is 1. The van der Waals surface area contributed by atoms with Crippen molar-refractivity contribution in [2.75, 3.05) is 0 Å². The number of carboxylic acid groups (broad SMARTS) is 1. The van der Waals surface area contributed by atoms with Gasteiger partial charge in [-0.3, -0.25) is 4.79 Å². The smallest absolute Gasteiger partial charge is 0.305 e. The lowest BCUT2D eigenvalue weighted by Gasteiger charge is -2.39. The van der Waals surface area contributed by atoms with Crippen LogP contribution in [-0.2, 0) is 18.7 Å². The van der Waals surface area contributed by atoms with Crippen LogP contribution >= 0.6 is 22.6 Å². The molecular formula is C29H45IO6Si. The third-order valence-corrected chi connectivity index (χ3v) is 13.2. The maximum atomic E-state index is 11.7. The van der Waals surface area contributed by atoms with Crippen LogP contribution in [0.4, 0.5) is 0 Å². The zero-order valence-electron chi connectivity index (χ0n) is 23.5. The van der Waals surface area contributed by atoms with E-state index in [1.807, 2.05) is 67.3 Å². The molecule has 0 bridgehead atoms. The van der Waals surface area contributed by atoms with Crippen LogP contribution < -0.4 is 0 Å². The van der Waals surface area contributed by atoms with Gasteiger partial charge in [0.15, 0.2) is 14.6 Å². The standard InChI is InChI=1S/C29H45IO6Si/c1-20(26(33)21(2)19-30)14-15-24-29(6,35-27(34-24)22-12-10-9-11-13-22)17-16-23(18-25(31)32)36-37(7,8)28(3,4)5/h9-15,19-20,23-24,26-27,33H,16-18H2,1-8H3,(H,31,32)/b15-14+,21-19+/t20-,23+,24-,26-,27-,29+/m0/s1. The van der Waals surface area contributed by atoms with Gasteiger partial charge in [0.05, 0.1) is 24.2 Å². The number of ether oxygens (including phenoxy) is 2. The molecule has 1 fully saturated rings. The highest BCUT2D eigenvalue weighted by molar-refractivity contribution is 14.1. The highest BCUT2D eigenvalue weighted by Gasteiger charge is 2.46. The molecule has 208 valence electrons. The van der Waals surface area contributed by atoms with Gasteiger partial charge in [0.25, 0.3) is 0 Å². The molecule has 6 nitrogen and oxygen atoms in total. The number of benzene rings is 1. The van der Waals surface area contributed by atoms with Crippen LogP contribution in [0.2, 0.25) is 18.1 Å². The predicted molar refractivity (Wildman–Crippen MR) is 159 cm³/mol. The second kappa shape index (κ2) is 13.3. The van der Waals surface area contributed by atoms with Crippen molar-refractivity contribution in [1.29, 1.82) is 0 Å². The molecular weight excluding hydrogens is 599 g/mol. The fourth-order valence-electron chi connectivity index (χ4n) is 4.12. The second-order valence-electron chi connectivity index (χ2n) is 11.9. The molecule has 1 saturated heterocycles. The largest absolute Gasteiger partial charge is 0.481 e. The van der Waals surface area contributed by atoms with Crippen LogP contribution in [0.25, 0.3) is 0 Å².